The predicted octanol–water partition coefficient (Wildman–Crippen LogP) is 1.32. The lowest BCUT2D eigenvalue weighted by Crippen LogP contribution is -2.28. The molecule has 0 spiro atoms. The Balaban J connectivity index is 1.95. The molecule has 0 bridgehead atoms. The van der Waals surface area contributed by atoms with Gasteiger partial charge >= 0.3 is 0 Å². The minimum atomic E-state index is 0.526. The van der Waals surface area contributed by atoms with Crippen molar-refractivity contribution < 1.29 is 4.74 Å². The first-order chi connectivity index (χ1) is 6.75. The van der Waals surface area contributed by atoms with Crippen molar-refractivity contribution in [2.45, 2.75) is 25.8 Å². The maximum absolute atomic E-state index is 5.30. The molecule has 1 saturated heterocycles. The number of nitrogens with one attached hydrogen (secondary N) is 1. The smallest absolute Gasteiger partial charge is 0.148 e. The van der Waals surface area contributed by atoms with Gasteiger partial charge in [0.1, 0.15) is 5.82 Å². The Hall–Kier alpha value is -1.03. The van der Waals surface area contributed by atoms with E-state index in [0.29, 0.717) is 6.04 Å². The quantitative estimate of drug-likeness (QED) is 0.773. The molecule has 4 heteroatoms. The summed E-state index contributed by atoms with van der Waals surface area (Å²) < 4.78 is 7.19. The van der Waals surface area contributed by atoms with E-state index in [1.165, 1.54) is 5.69 Å². The van der Waals surface area contributed by atoms with Crippen LogP contribution < -0.4 is 5.32 Å². The van der Waals surface area contributed by atoms with Crippen LogP contribution in [0.5, 0.6) is 0 Å². The van der Waals surface area contributed by atoms with Crippen molar-refractivity contribution in [2.75, 3.05) is 18.5 Å². The predicted molar refractivity (Wildman–Crippen MR) is 55.4 cm³/mol. The van der Waals surface area contributed by atoms with Gasteiger partial charge in [0, 0.05) is 38.1 Å². The fraction of sp³-hybridized carbons (Fsp3) is 0.700. The Morgan fingerprint density at radius 2 is 2.21 bits per heavy atom. The van der Waals surface area contributed by atoms with Gasteiger partial charge in [-0.15, -0.1) is 0 Å². The number of hydrogen-bond acceptors (Lipinski definition) is 3. The van der Waals surface area contributed by atoms with E-state index in [4.69, 9.17) is 4.74 Å². The van der Waals surface area contributed by atoms with Crippen LogP contribution in [-0.4, -0.2) is 29.0 Å². The highest BCUT2D eigenvalue weighted by Crippen LogP contribution is 2.14. The topological polar surface area (TPSA) is 39.1 Å². The number of anilines is 1. The van der Waals surface area contributed by atoms with Crippen LogP contribution in [0.15, 0.2) is 6.07 Å². The summed E-state index contributed by atoms with van der Waals surface area (Å²) in [6.45, 7) is 3.79. The molecule has 0 unspecified atom stereocenters. The van der Waals surface area contributed by atoms with E-state index in [-0.39, 0.29) is 0 Å². The molecule has 1 fully saturated rings. The molecule has 0 atom stereocenters. The largest absolute Gasteiger partial charge is 0.381 e. The van der Waals surface area contributed by atoms with E-state index in [0.717, 1.165) is 31.9 Å². The Morgan fingerprint density at radius 1 is 1.50 bits per heavy atom. The number of nitrogens with zero attached hydrogens (tertiary/aromatic N) is 2. The zero-order chi connectivity index (χ0) is 9.97. The van der Waals surface area contributed by atoms with Gasteiger partial charge in [0.05, 0.1) is 0 Å². The third-order valence-electron chi connectivity index (χ3n) is 2.69. The van der Waals surface area contributed by atoms with E-state index < -0.39 is 0 Å². The fourth-order valence-corrected chi connectivity index (χ4v) is 1.68. The van der Waals surface area contributed by atoms with E-state index in [2.05, 4.69) is 23.4 Å². The van der Waals surface area contributed by atoms with Crippen molar-refractivity contribution in [1.82, 2.24) is 9.78 Å². The van der Waals surface area contributed by atoms with Crippen LogP contribution >= 0.6 is 0 Å². The zero-order valence-corrected chi connectivity index (χ0v) is 8.79. The van der Waals surface area contributed by atoms with Crippen LogP contribution in [0.4, 0.5) is 5.82 Å². The lowest BCUT2D eigenvalue weighted by Gasteiger charge is -2.22. The fourth-order valence-electron chi connectivity index (χ4n) is 1.68. The van der Waals surface area contributed by atoms with E-state index in [1.807, 2.05) is 11.7 Å². The Labute approximate surface area is 84.3 Å². The molecule has 0 amide bonds. The Kier molecular flexibility index (Phi) is 2.72. The number of ether oxygens (including phenoxy) is 1. The molecular formula is C10H17N3O. The Bertz CT molecular complexity index is 283. The highest BCUT2D eigenvalue weighted by molar-refractivity contribution is 5.36. The minimum absolute atomic E-state index is 0.526. The third kappa shape index (κ3) is 2.07. The molecule has 2 rings (SSSR count). The summed E-state index contributed by atoms with van der Waals surface area (Å²) in [5.41, 5.74) is 1.18. The van der Waals surface area contributed by atoms with Gasteiger partial charge in [0.25, 0.3) is 0 Å². The normalized spacial score (nSPS) is 18.4. The van der Waals surface area contributed by atoms with Gasteiger partial charge < -0.3 is 10.1 Å². The molecule has 1 aromatic heterocycles. The molecule has 1 N–H and O–H groups in total. The van der Waals surface area contributed by atoms with E-state index in [1.54, 1.807) is 0 Å². The van der Waals surface area contributed by atoms with Crippen LogP contribution in [0.2, 0.25) is 0 Å². The number of hydrogen-bond donors (Lipinski definition) is 1. The number of rotatable bonds is 2. The standard InChI is InChI=1S/C10H17N3O/c1-8-7-10(12-13(8)2)11-9-3-5-14-6-4-9/h7,9H,3-6H2,1-2H3,(H,11,12). The van der Waals surface area contributed by atoms with Crippen LogP contribution in [-0.2, 0) is 11.8 Å². The maximum Gasteiger partial charge on any atom is 0.148 e. The van der Waals surface area contributed by atoms with Gasteiger partial charge in [-0.05, 0) is 19.8 Å². The first-order valence-corrected chi connectivity index (χ1v) is 5.10. The molecule has 78 valence electrons. The van der Waals surface area contributed by atoms with Crippen LogP contribution in [0, 0.1) is 6.92 Å². The van der Waals surface area contributed by atoms with Gasteiger partial charge in [-0.3, -0.25) is 4.68 Å². The van der Waals surface area contributed by atoms with Crippen molar-refractivity contribution in [3.63, 3.8) is 0 Å². The second-order valence-corrected chi connectivity index (χ2v) is 3.83. The number of aromatic nitrogens is 2. The van der Waals surface area contributed by atoms with Gasteiger partial charge in [-0.25, -0.2) is 0 Å². The second kappa shape index (κ2) is 4.00. The molecule has 1 aliphatic rings. The summed E-state index contributed by atoms with van der Waals surface area (Å²) in [6, 6.07) is 2.60. The third-order valence-corrected chi connectivity index (χ3v) is 2.69. The summed E-state index contributed by atoms with van der Waals surface area (Å²) >= 11 is 0. The van der Waals surface area contributed by atoms with Crippen molar-refractivity contribution in [2.24, 2.45) is 7.05 Å². The first-order valence-electron chi connectivity index (χ1n) is 5.10. The van der Waals surface area contributed by atoms with Crippen molar-refractivity contribution in [3.05, 3.63) is 11.8 Å². The lowest BCUT2D eigenvalue weighted by molar-refractivity contribution is 0.0904. The van der Waals surface area contributed by atoms with Crippen molar-refractivity contribution in [1.29, 1.82) is 0 Å². The van der Waals surface area contributed by atoms with Crippen LogP contribution in [0.1, 0.15) is 18.5 Å². The average Bonchev–Trinajstić information content (AvgIpc) is 2.47. The van der Waals surface area contributed by atoms with E-state index in [9.17, 15) is 0 Å². The van der Waals surface area contributed by atoms with Gasteiger partial charge in [-0.1, -0.05) is 0 Å². The molecule has 1 aliphatic heterocycles. The molecule has 2 heterocycles. The minimum Gasteiger partial charge on any atom is -0.381 e. The number of aryl methyl sites for hydroxylation is 2. The van der Waals surface area contributed by atoms with Crippen molar-refractivity contribution in [3.8, 4) is 0 Å². The molecule has 0 aromatic carbocycles. The zero-order valence-electron chi connectivity index (χ0n) is 8.79. The molecule has 1 aromatic rings. The summed E-state index contributed by atoms with van der Waals surface area (Å²) in [7, 11) is 1.96. The van der Waals surface area contributed by atoms with Crippen LogP contribution in [0.3, 0.4) is 0 Å². The molecule has 0 saturated carbocycles. The maximum atomic E-state index is 5.30. The first kappa shape index (κ1) is 9.52. The highest BCUT2D eigenvalue weighted by Gasteiger charge is 2.14. The molecule has 14 heavy (non-hydrogen) atoms. The second-order valence-electron chi connectivity index (χ2n) is 3.83. The van der Waals surface area contributed by atoms with Crippen LogP contribution in [0.25, 0.3) is 0 Å². The SMILES string of the molecule is Cc1cc(NC2CCOCC2)nn1C. The summed E-state index contributed by atoms with van der Waals surface area (Å²) in [6.07, 6.45) is 2.16. The molecular weight excluding hydrogens is 178 g/mol. The van der Waals surface area contributed by atoms with Gasteiger partial charge in [0.15, 0.2) is 0 Å². The molecule has 0 aliphatic carbocycles. The van der Waals surface area contributed by atoms with Gasteiger partial charge in [0.2, 0.25) is 0 Å². The lowest BCUT2D eigenvalue weighted by atomic mass is 10.1. The highest BCUT2D eigenvalue weighted by atomic mass is 16.5. The summed E-state index contributed by atoms with van der Waals surface area (Å²) in [4.78, 5) is 0. The Morgan fingerprint density at radius 3 is 2.79 bits per heavy atom. The summed E-state index contributed by atoms with van der Waals surface area (Å²) in [5.74, 6) is 0.983. The van der Waals surface area contributed by atoms with Crippen molar-refractivity contribution >= 4 is 5.82 Å². The average molecular weight is 195 g/mol. The van der Waals surface area contributed by atoms with Gasteiger partial charge in [-0.2, -0.15) is 5.10 Å². The molecule has 4 nitrogen and oxygen atoms in total. The monoisotopic (exact) mass is 195 g/mol. The molecule has 0 radical (unpaired) electrons. The van der Waals surface area contributed by atoms with E-state index >= 15 is 0 Å². The summed E-state index contributed by atoms with van der Waals surface area (Å²) in [5, 5.41) is 7.80.